The fourth-order valence-electron chi connectivity index (χ4n) is 2.02. The van der Waals surface area contributed by atoms with Crippen molar-refractivity contribution < 1.29 is 32.7 Å². The van der Waals surface area contributed by atoms with E-state index >= 15 is 0 Å². The van der Waals surface area contributed by atoms with E-state index in [2.05, 4.69) is 10.6 Å². The molecular formula is C16H33N2O7P. The summed E-state index contributed by atoms with van der Waals surface area (Å²) < 4.78 is 32.8. The maximum atomic E-state index is 12.5. The van der Waals surface area contributed by atoms with Crippen molar-refractivity contribution in [3.8, 4) is 0 Å². The predicted molar refractivity (Wildman–Crippen MR) is 98.4 cm³/mol. The van der Waals surface area contributed by atoms with Crippen LogP contribution in [0.25, 0.3) is 0 Å². The summed E-state index contributed by atoms with van der Waals surface area (Å²) in [6, 6.07) is -0.685. The average Bonchev–Trinajstić information content (AvgIpc) is 2.52. The van der Waals surface area contributed by atoms with E-state index in [-0.39, 0.29) is 32.3 Å². The highest BCUT2D eigenvalue weighted by Crippen LogP contribution is 2.48. The molecule has 0 spiro atoms. The van der Waals surface area contributed by atoms with Crippen LogP contribution in [0.15, 0.2) is 0 Å². The van der Waals surface area contributed by atoms with Crippen molar-refractivity contribution in [2.75, 3.05) is 39.6 Å². The lowest BCUT2D eigenvalue weighted by molar-refractivity contribution is -0.143. The molecule has 0 heterocycles. The van der Waals surface area contributed by atoms with Crippen LogP contribution in [0, 0.1) is 0 Å². The topological polar surface area (TPSA) is 112 Å². The van der Waals surface area contributed by atoms with Crippen molar-refractivity contribution in [3.05, 3.63) is 0 Å². The highest BCUT2D eigenvalue weighted by atomic mass is 31.2. The van der Waals surface area contributed by atoms with Crippen molar-refractivity contribution in [1.29, 1.82) is 0 Å². The number of ether oxygens (including phenoxy) is 2. The van der Waals surface area contributed by atoms with Crippen LogP contribution < -0.4 is 10.6 Å². The quantitative estimate of drug-likeness (QED) is 0.294. The van der Waals surface area contributed by atoms with Gasteiger partial charge in [0.05, 0.1) is 26.5 Å². The zero-order chi connectivity index (χ0) is 20.2. The Labute approximate surface area is 156 Å². The molecule has 154 valence electrons. The molecule has 0 aliphatic heterocycles. The van der Waals surface area contributed by atoms with Crippen molar-refractivity contribution in [3.63, 3.8) is 0 Å². The molecule has 0 aliphatic carbocycles. The SMILES string of the molecule is CCOP(=O)(CCC(NCCNC(=O)OC(C)(C)C)C(=O)OC)OCC. The van der Waals surface area contributed by atoms with Gasteiger partial charge in [0.25, 0.3) is 0 Å². The third kappa shape index (κ3) is 11.5. The zero-order valence-electron chi connectivity index (χ0n) is 16.6. The molecule has 0 bridgehead atoms. The van der Waals surface area contributed by atoms with E-state index in [1.807, 2.05) is 0 Å². The van der Waals surface area contributed by atoms with Gasteiger partial charge in [-0.2, -0.15) is 0 Å². The summed E-state index contributed by atoms with van der Waals surface area (Å²) in [5, 5.41) is 5.55. The van der Waals surface area contributed by atoms with E-state index in [4.69, 9.17) is 18.5 Å². The van der Waals surface area contributed by atoms with Gasteiger partial charge in [-0.05, 0) is 41.0 Å². The predicted octanol–water partition coefficient (Wildman–Crippen LogP) is 2.30. The van der Waals surface area contributed by atoms with E-state index in [0.29, 0.717) is 6.54 Å². The van der Waals surface area contributed by atoms with Crippen LogP contribution in [0.4, 0.5) is 4.79 Å². The Hall–Kier alpha value is -1.15. The largest absolute Gasteiger partial charge is 0.468 e. The Morgan fingerprint density at radius 2 is 1.65 bits per heavy atom. The molecule has 0 aliphatic rings. The van der Waals surface area contributed by atoms with Crippen LogP contribution >= 0.6 is 7.60 Å². The second-order valence-corrected chi connectivity index (χ2v) is 8.60. The minimum absolute atomic E-state index is 0.0843. The second kappa shape index (κ2) is 12.3. The van der Waals surface area contributed by atoms with Gasteiger partial charge in [-0.15, -0.1) is 0 Å². The number of esters is 1. The fourth-order valence-corrected chi connectivity index (χ4v) is 3.71. The van der Waals surface area contributed by atoms with Gasteiger partial charge in [-0.25, -0.2) is 4.79 Å². The third-order valence-electron chi connectivity index (χ3n) is 3.01. The molecule has 9 nitrogen and oxygen atoms in total. The molecule has 0 saturated carbocycles. The standard InChI is InChI=1S/C16H33N2O7P/c1-7-23-26(21,24-8-2)12-9-13(14(19)22-6)17-10-11-18-15(20)25-16(3,4)5/h13,17H,7-12H2,1-6H3,(H,18,20). The molecule has 1 amide bonds. The van der Waals surface area contributed by atoms with E-state index in [0.717, 1.165) is 0 Å². The van der Waals surface area contributed by atoms with Gasteiger partial charge in [0, 0.05) is 13.1 Å². The van der Waals surface area contributed by atoms with Crippen LogP contribution in [-0.2, 0) is 27.9 Å². The number of alkyl carbamates (subject to hydrolysis) is 1. The number of hydrogen-bond donors (Lipinski definition) is 2. The first kappa shape index (κ1) is 24.8. The lowest BCUT2D eigenvalue weighted by atomic mass is 10.2. The third-order valence-corrected chi connectivity index (χ3v) is 5.12. The number of methoxy groups -OCH3 is 1. The Bertz CT molecular complexity index is 470. The summed E-state index contributed by atoms with van der Waals surface area (Å²) in [7, 11) is -1.96. The van der Waals surface area contributed by atoms with Crippen LogP contribution in [0.5, 0.6) is 0 Å². The minimum Gasteiger partial charge on any atom is -0.468 e. The van der Waals surface area contributed by atoms with Gasteiger partial charge in [-0.1, -0.05) is 0 Å². The van der Waals surface area contributed by atoms with Crippen molar-refractivity contribution >= 4 is 19.7 Å². The highest BCUT2D eigenvalue weighted by molar-refractivity contribution is 7.53. The summed E-state index contributed by atoms with van der Waals surface area (Å²) in [6.07, 6.45) is -0.233. The average molecular weight is 396 g/mol. The number of rotatable bonds is 12. The van der Waals surface area contributed by atoms with E-state index in [1.54, 1.807) is 34.6 Å². The summed E-state index contributed by atoms with van der Waals surface area (Å²) >= 11 is 0. The Balaban J connectivity index is 4.47. The molecule has 0 fully saturated rings. The molecule has 0 rings (SSSR count). The first-order chi connectivity index (χ1) is 12.1. The summed E-state index contributed by atoms with van der Waals surface area (Å²) in [6.45, 7) is 9.85. The first-order valence-electron chi connectivity index (χ1n) is 8.73. The lowest BCUT2D eigenvalue weighted by Gasteiger charge is -2.21. The van der Waals surface area contributed by atoms with Gasteiger partial charge in [0.15, 0.2) is 0 Å². The zero-order valence-corrected chi connectivity index (χ0v) is 17.5. The molecule has 1 unspecified atom stereocenters. The number of amides is 1. The number of hydrogen-bond acceptors (Lipinski definition) is 8. The normalized spacial score (nSPS) is 13.2. The van der Waals surface area contributed by atoms with Gasteiger partial charge in [-0.3, -0.25) is 9.36 Å². The van der Waals surface area contributed by atoms with Gasteiger partial charge in [0.2, 0.25) is 0 Å². The van der Waals surface area contributed by atoms with Gasteiger partial charge in [0.1, 0.15) is 11.6 Å². The molecular weight excluding hydrogens is 363 g/mol. The monoisotopic (exact) mass is 396 g/mol. The molecule has 1 atom stereocenters. The summed E-state index contributed by atoms with van der Waals surface area (Å²) in [5.74, 6) is -0.484. The van der Waals surface area contributed by atoms with Crippen molar-refractivity contribution in [2.45, 2.75) is 52.7 Å². The van der Waals surface area contributed by atoms with Gasteiger partial charge >= 0.3 is 19.7 Å². The molecule has 0 saturated heterocycles. The first-order valence-corrected chi connectivity index (χ1v) is 10.5. The van der Waals surface area contributed by atoms with Crippen molar-refractivity contribution in [2.24, 2.45) is 0 Å². The summed E-state index contributed by atoms with van der Waals surface area (Å²) in [4.78, 5) is 23.5. The molecule has 0 aromatic rings. The van der Waals surface area contributed by atoms with E-state index < -0.39 is 31.3 Å². The lowest BCUT2D eigenvalue weighted by Crippen LogP contribution is -2.43. The Morgan fingerprint density at radius 1 is 1.08 bits per heavy atom. The summed E-state index contributed by atoms with van der Waals surface area (Å²) in [5.41, 5.74) is -0.578. The van der Waals surface area contributed by atoms with E-state index in [1.165, 1.54) is 7.11 Å². The number of nitrogens with one attached hydrogen (secondary N) is 2. The molecule has 0 radical (unpaired) electrons. The smallest absolute Gasteiger partial charge is 0.407 e. The number of carbonyl (C=O) groups excluding carboxylic acids is 2. The maximum absolute atomic E-state index is 12.5. The number of carbonyl (C=O) groups is 2. The van der Waals surface area contributed by atoms with Gasteiger partial charge < -0.3 is 29.2 Å². The van der Waals surface area contributed by atoms with Crippen LogP contribution in [0.3, 0.4) is 0 Å². The Morgan fingerprint density at radius 3 is 2.12 bits per heavy atom. The molecule has 10 heteroatoms. The molecule has 0 aromatic heterocycles. The van der Waals surface area contributed by atoms with Crippen molar-refractivity contribution in [1.82, 2.24) is 10.6 Å². The van der Waals surface area contributed by atoms with Crippen LogP contribution in [0.1, 0.15) is 41.0 Å². The molecule has 2 N–H and O–H groups in total. The highest BCUT2D eigenvalue weighted by Gasteiger charge is 2.28. The van der Waals surface area contributed by atoms with Crippen LogP contribution in [0.2, 0.25) is 0 Å². The molecule has 26 heavy (non-hydrogen) atoms. The van der Waals surface area contributed by atoms with E-state index in [9.17, 15) is 14.2 Å². The minimum atomic E-state index is -3.24. The van der Waals surface area contributed by atoms with Crippen LogP contribution in [-0.4, -0.2) is 63.3 Å². The maximum Gasteiger partial charge on any atom is 0.407 e. The molecule has 0 aromatic carbocycles. The second-order valence-electron chi connectivity index (χ2n) is 6.42. The fraction of sp³-hybridized carbons (Fsp3) is 0.875. The Kier molecular flexibility index (Phi) is 11.7.